The molecule has 4 heterocycles. The molecule has 3 aliphatic heterocycles. The molecule has 3 aliphatic rings. The van der Waals surface area contributed by atoms with Gasteiger partial charge in [-0.2, -0.15) is 18.2 Å². The van der Waals surface area contributed by atoms with E-state index in [0.29, 0.717) is 18.4 Å². The number of aromatic nitrogens is 2. The monoisotopic (exact) mass is 621 g/mol. The second-order valence-electron chi connectivity index (χ2n) is 11.7. The molecule has 230 valence electrons. The van der Waals surface area contributed by atoms with E-state index in [-0.39, 0.29) is 64.3 Å². The molecule has 2 aromatic carbocycles. The van der Waals surface area contributed by atoms with Crippen LogP contribution in [0.25, 0.3) is 22.0 Å². The van der Waals surface area contributed by atoms with Crippen molar-refractivity contribution in [2.45, 2.75) is 62.8 Å². The van der Waals surface area contributed by atoms with E-state index in [9.17, 15) is 27.2 Å². The summed E-state index contributed by atoms with van der Waals surface area (Å²) in [5.74, 6) is -1.73. The molecule has 0 N–H and O–H groups in total. The molecular weight excluding hydrogens is 589 g/mol. The van der Waals surface area contributed by atoms with E-state index in [4.69, 9.17) is 0 Å². The fraction of sp³-hybridized carbons (Fsp3) is 0.500. The van der Waals surface area contributed by atoms with Gasteiger partial charge in [-0.1, -0.05) is 0 Å². The van der Waals surface area contributed by atoms with Gasteiger partial charge in [-0.05, 0) is 58.0 Å². The Balaban J connectivity index is 1.63. The summed E-state index contributed by atoms with van der Waals surface area (Å²) in [5, 5.41) is 0.141. The molecule has 1 aromatic heterocycles. The molecule has 0 bridgehead atoms. The minimum absolute atomic E-state index is 0.110. The highest BCUT2D eigenvalue weighted by Crippen LogP contribution is 2.50. The van der Waals surface area contributed by atoms with Crippen LogP contribution in [0.1, 0.15) is 45.2 Å². The van der Waals surface area contributed by atoms with Gasteiger partial charge in [0.1, 0.15) is 17.5 Å². The molecule has 13 heteroatoms. The molecule has 43 heavy (non-hydrogen) atoms. The first-order chi connectivity index (χ1) is 20.3. The second-order valence-corrected chi connectivity index (χ2v) is 12.8. The number of hydrogen-bond donors (Lipinski definition) is 0. The average Bonchev–Trinajstić information content (AvgIpc) is 3.43. The lowest BCUT2D eigenvalue weighted by atomic mass is 9.95. The summed E-state index contributed by atoms with van der Waals surface area (Å²) >= 11 is 1.16. The summed E-state index contributed by atoms with van der Waals surface area (Å²) in [5.41, 5.74) is -2.19. The van der Waals surface area contributed by atoms with Crippen LogP contribution in [0.2, 0.25) is 0 Å². The number of anilines is 1. The number of carbonyl (C=O) groups is 1. The number of nitrogens with zero attached hydrogens (tertiary/aromatic N) is 5. The summed E-state index contributed by atoms with van der Waals surface area (Å²) in [6, 6.07) is 2.56. The van der Waals surface area contributed by atoms with Crippen LogP contribution >= 0.6 is 11.8 Å². The standard InChI is InChI=1S/C30H32F5N5O2S/c1-16-12-38(13-17(2)39(16)18(3)41)28-22-11-23(30(33,34)35)25(21-7-6-19(31)10-24(21)32)27-26(22)40(29(42)36-28)20(15-43-27)14-37-8-4-5-9-37/h6-7,10-11,16-17,20H,4-5,8-9,12-15H2,1-3H3/t16-,17+,20?. The Morgan fingerprint density at radius 1 is 1.07 bits per heavy atom. The molecule has 1 amide bonds. The first-order valence-corrected chi connectivity index (χ1v) is 15.4. The number of hydrogen-bond acceptors (Lipinski definition) is 6. The molecule has 3 atom stereocenters. The Morgan fingerprint density at radius 2 is 1.74 bits per heavy atom. The average molecular weight is 622 g/mol. The first-order valence-electron chi connectivity index (χ1n) is 14.4. The summed E-state index contributed by atoms with van der Waals surface area (Å²) in [6.07, 6.45) is -2.83. The lowest BCUT2D eigenvalue weighted by Crippen LogP contribution is -2.58. The molecular formula is C30H32F5N5O2S. The number of rotatable bonds is 4. The van der Waals surface area contributed by atoms with Crippen molar-refractivity contribution in [2.24, 2.45) is 0 Å². The van der Waals surface area contributed by atoms with E-state index in [1.165, 1.54) is 11.5 Å². The summed E-state index contributed by atoms with van der Waals surface area (Å²) in [4.78, 5) is 36.4. The van der Waals surface area contributed by atoms with Crippen molar-refractivity contribution in [3.05, 3.63) is 51.9 Å². The van der Waals surface area contributed by atoms with Gasteiger partial charge in [0, 0.05) is 71.9 Å². The van der Waals surface area contributed by atoms with Crippen LogP contribution in [-0.2, 0) is 11.0 Å². The maximum atomic E-state index is 15.2. The van der Waals surface area contributed by atoms with Crippen molar-refractivity contribution >= 4 is 34.4 Å². The van der Waals surface area contributed by atoms with E-state index >= 15 is 4.39 Å². The number of amides is 1. The number of likely N-dealkylation sites (tertiary alicyclic amines) is 1. The van der Waals surface area contributed by atoms with Crippen LogP contribution in [0.4, 0.5) is 27.8 Å². The number of alkyl halides is 3. The van der Waals surface area contributed by atoms with Gasteiger partial charge in [-0.3, -0.25) is 9.36 Å². The highest BCUT2D eigenvalue weighted by molar-refractivity contribution is 7.99. The van der Waals surface area contributed by atoms with E-state index in [1.807, 2.05) is 13.8 Å². The SMILES string of the molecule is CC(=O)N1[C@H](C)CN(c2nc(=O)n3c4c(c(-c5ccc(F)cc5F)c(C(F)(F)F)cc24)SCC3CN2CCCC2)C[C@@H]1C. The normalized spacial score (nSPS) is 22.9. The number of thioether (sulfide) groups is 1. The number of benzene rings is 2. The lowest BCUT2D eigenvalue weighted by Gasteiger charge is -2.45. The Hall–Kier alpha value is -3.19. The van der Waals surface area contributed by atoms with Gasteiger partial charge >= 0.3 is 11.9 Å². The van der Waals surface area contributed by atoms with E-state index < -0.39 is 34.6 Å². The van der Waals surface area contributed by atoms with Gasteiger partial charge in [-0.15, -0.1) is 11.8 Å². The topological polar surface area (TPSA) is 61.7 Å². The van der Waals surface area contributed by atoms with Crippen LogP contribution in [-0.4, -0.2) is 75.8 Å². The first kappa shape index (κ1) is 29.9. The fourth-order valence-electron chi connectivity index (χ4n) is 7.03. The summed E-state index contributed by atoms with van der Waals surface area (Å²) in [6.45, 7) is 7.98. The van der Waals surface area contributed by atoms with Crippen molar-refractivity contribution in [2.75, 3.05) is 43.4 Å². The lowest BCUT2D eigenvalue weighted by molar-refractivity contribution is -0.137. The van der Waals surface area contributed by atoms with Crippen molar-refractivity contribution in [3.63, 3.8) is 0 Å². The maximum absolute atomic E-state index is 15.2. The van der Waals surface area contributed by atoms with Crippen LogP contribution < -0.4 is 10.6 Å². The number of piperazine rings is 1. The van der Waals surface area contributed by atoms with Gasteiger partial charge in [-0.25, -0.2) is 13.6 Å². The Kier molecular flexibility index (Phi) is 7.68. The van der Waals surface area contributed by atoms with Crippen molar-refractivity contribution in [1.82, 2.24) is 19.4 Å². The molecule has 2 fully saturated rings. The Bertz CT molecular complexity index is 1640. The smallest absolute Gasteiger partial charge is 0.352 e. The molecule has 0 spiro atoms. The second kappa shape index (κ2) is 11.1. The molecule has 0 aliphatic carbocycles. The quantitative estimate of drug-likeness (QED) is 0.357. The van der Waals surface area contributed by atoms with E-state index in [0.717, 1.165) is 55.9 Å². The summed E-state index contributed by atoms with van der Waals surface area (Å²) < 4.78 is 74.9. The fourth-order valence-corrected chi connectivity index (χ4v) is 8.35. The third kappa shape index (κ3) is 5.28. The molecule has 7 nitrogen and oxygen atoms in total. The van der Waals surface area contributed by atoms with Gasteiger partial charge < -0.3 is 14.7 Å². The number of carbonyl (C=O) groups excluding carboxylic acids is 1. The zero-order valence-corrected chi connectivity index (χ0v) is 24.9. The van der Waals surface area contributed by atoms with E-state index in [1.54, 1.807) is 9.80 Å². The predicted octanol–water partition coefficient (Wildman–Crippen LogP) is 5.55. The molecule has 0 saturated carbocycles. The molecule has 2 saturated heterocycles. The largest absolute Gasteiger partial charge is 0.417 e. The Labute approximate surface area is 249 Å². The minimum atomic E-state index is -4.89. The highest BCUT2D eigenvalue weighted by Gasteiger charge is 2.41. The van der Waals surface area contributed by atoms with Gasteiger partial charge in [0.25, 0.3) is 0 Å². The van der Waals surface area contributed by atoms with Crippen LogP contribution in [0.3, 0.4) is 0 Å². The highest BCUT2D eigenvalue weighted by atomic mass is 32.2. The molecule has 0 radical (unpaired) electrons. The maximum Gasteiger partial charge on any atom is 0.417 e. The van der Waals surface area contributed by atoms with Crippen molar-refractivity contribution in [1.29, 1.82) is 0 Å². The zero-order valence-electron chi connectivity index (χ0n) is 24.0. The predicted molar refractivity (Wildman–Crippen MR) is 155 cm³/mol. The molecule has 6 rings (SSSR count). The number of halogens is 5. The van der Waals surface area contributed by atoms with Crippen molar-refractivity contribution < 1.29 is 26.7 Å². The van der Waals surface area contributed by atoms with Crippen LogP contribution in [0.15, 0.2) is 34.0 Å². The van der Waals surface area contributed by atoms with Crippen molar-refractivity contribution in [3.8, 4) is 11.1 Å². The van der Waals surface area contributed by atoms with Crippen LogP contribution in [0.5, 0.6) is 0 Å². The third-order valence-electron chi connectivity index (χ3n) is 8.69. The van der Waals surface area contributed by atoms with Gasteiger partial charge in [0.2, 0.25) is 5.91 Å². The molecule has 1 unspecified atom stereocenters. The minimum Gasteiger partial charge on any atom is -0.352 e. The van der Waals surface area contributed by atoms with Crippen LogP contribution in [0, 0.1) is 11.6 Å². The van der Waals surface area contributed by atoms with E-state index in [2.05, 4.69) is 9.88 Å². The van der Waals surface area contributed by atoms with Gasteiger partial charge in [0.15, 0.2) is 0 Å². The van der Waals surface area contributed by atoms with Gasteiger partial charge in [0.05, 0.1) is 17.1 Å². The molecule has 3 aromatic rings. The third-order valence-corrected chi connectivity index (χ3v) is 9.92. The summed E-state index contributed by atoms with van der Waals surface area (Å²) in [7, 11) is 0. The zero-order chi connectivity index (χ0) is 30.8. The Morgan fingerprint density at radius 3 is 2.35 bits per heavy atom.